The maximum absolute atomic E-state index is 12.1. The topological polar surface area (TPSA) is 63.2 Å². The predicted octanol–water partition coefficient (Wildman–Crippen LogP) is 2.48. The van der Waals surface area contributed by atoms with E-state index in [2.05, 4.69) is 29.5 Å². The zero-order valence-corrected chi connectivity index (χ0v) is 13.5. The molecule has 5 heteroatoms. The summed E-state index contributed by atoms with van der Waals surface area (Å²) in [6.07, 6.45) is 0.803. The Hall–Kier alpha value is -1.62. The van der Waals surface area contributed by atoms with E-state index in [1.807, 2.05) is 19.9 Å². The Morgan fingerprint density at radius 3 is 2.71 bits per heavy atom. The molecular weight excluding hydrogens is 266 g/mol. The number of pyridine rings is 1. The molecule has 5 nitrogen and oxygen atoms in total. The van der Waals surface area contributed by atoms with Crippen LogP contribution in [0.1, 0.15) is 43.7 Å². The molecule has 0 aromatic carbocycles. The van der Waals surface area contributed by atoms with Crippen molar-refractivity contribution in [3.05, 3.63) is 23.4 Å². The lowest BCUT2D eigenvalue weighted by molar-refractivity contribution is 0.0886. The van der Waals surface area contributed by atoms with Crippen molar-refractivity contribution in [2.75, 3.05) is 31.6 Å². The normalized spacial score (nSPS) is 10.7. The smallest absolute Gasteiger partial charge is 0.251 e. The van der Waals surface area contributed by atoms with E-state index in [1.54, 1.807) is 6.07 Å². The number of rotatable bonds is 9. The fourth-order valence-electron chi connectivity index (χ4n) is 1.83. The number of amides is 1. The highest BCUT2D eigenvalue weighted by atomic mass is 16.5. The minimum Gasteiger partial charge on any atom is -0.379 e. The van der Waals surface area contributed by atoms with Gasteiger partial charge in [0.2, 0.25) is 0 Å². The molecule has 0 bridgehead atoms. The molecule has 0 radical (unpaired) electrons. The molecule has 0 saturated carbocycles. The molecule has 1 amide bonds. The van der Waals surface area contributed by atoms with E-state index in [4.69, 9.17) is 4.74 Å². The second-order valence-electron chi connectivity index (χ2n) is 5.34. The van der Waals surface area contributed by atoms with Gasteiger partial charge in [0.05, 0.1) is 6.61 Å². The van der Waals surface area contributed by atoms with Crippen LogP contribution in [0.15, 0.2) is 12.1 Å². The third-order valence-corrected chi connectivity index (χ3v) is 2.84. The van der Waals surface area contributed by atoms with E-state index >= 15 is 0 Å². The first kappa shape index (κ1) is 17.4. The van der Waals surface area contributed by atoms with E-state index in [0.717, 1.165) is 31.1 Å². The fraction of sp³-hybridized carbons (Fsp3) is 0.625. The van der Waals surface area contributed by atoms with E-state index in [9.17, 15) is 4.79 Å². The van der Waals surface area contributed by atoms with Gasteiger partial charge in [0.25, 0.3) is 5.91 Å². The molecule has 1 heterocycles. The molecule has 0 aliphatic heterocycles. The van der Waals surface area contributed by atoms with Gasteiger partial charge in [-0.1, -0.05) is 20.8 Å². The summed E-state index contributed by atoms with van der Waals surface area (Å²) in [7, 11) is 0. The predicted molar refractivity (Wildman–Crippen MR) is 85.8 cm³/mol. The first-order chi connectivity index (χ1) is 10.1. The Bertz CT molecular complexity index is 447. The molecule has 1 aromatic heterocycles. The summed E-state index contributed by atoms with van der Waals surface area (Å²) in [5, 5.41) is 6.02. The molecular formula is C16H27N3O2. The van der Waals surface area contributed by atoms with E-state index in [0.29, 0.717) is 24.6 Å². The van der Waals surface area contributed by atoms with Crippen molar-refractivity contribution < 1.29 is 9.53 Å². The van der Waals surface area contributed by atoms with Crippen LogP contribution in [-0.2, 0) is 11.2 Å². The third kappa shape index (κ3) is 6.58. The molecule has 1 rings (SSSR count). The average Bonchev–Trinajstić information content (AvgIpc) is 2.46. The minimum atomic E-state index is -0.0839. The summed E-state index contributed by atoms with van der Waals surface area (Å²) >= 11 is 0. The summed E-state index contributed by atoms with van der Waals surface area (Å²) in [5.74, 6) is 1.17. The van der Waals surface area contributed by atoms with Crippen LogP contribution in [0.3, 0.4) is 0 Å². The van der Waals surface area contributed by atoms with Crippen molar-refractivity contribution in [2.24, 2.45) is 5.92 Å². The molecule has 0 unspecified atom stereocenters. The van der Waals surface area contributed by atoms with Crippen molar-refractivity contribution in [1.29, 1.82) is 0 Å². The number of anilines is 1. The van der Waals surface area contributed by atoms with Gasteiger partial charge in [-0.15, -0.1) is 0 Å². The first-order valence-corrected chi connectivity index (χ1v) is 7.67. The second kappa shape index (κ2) is 9.34. The van der Waals surface area contributed by atoms with Gasteiger partial charge in [-0.25, -0.2) is 4.98 Å². The van der Waals surface area contributed by atoms with Crippen LogP contribution < -0.4 is 10.6 Å². The number of ether oxygens (including phenoxy) is 1. The molecule has 0 aliphatic carbocycles. The lowest BCUT2D eigenvalue weighted by atomic mass is 10.2. The van der Waals surface area contributed by atoms with Crippen molar-refractivity contribution >= 4 is 11.7 Å². The molecule has 0 fully saturated rings. The average molecular weight is 293 g/mol. The molecule has 1 aromatic rings. The first-order valence-electron chi connectivity index (χ1n) is 7.67. The summed E-state index contributed by atoms with van der Waals surface area (Å²) in [4.78, 5) is 16.6. The van der Waals surface area contributed by atoms with Crippen LogP contribution in [0.4, 0.5) is 5.82 Å². The molecule has 0 atom stereocenters. The van der Waals surface area contributed by atoms with Crippen LogP contribution in [0.25, 0.3) is 0 Å². The number of hydrogen-bond donors (Lipinski definition) is 2. The van der Waals surface area contributed by atoms with Gasteiger partial charge in [-0.3, -0.25) is 4.79 Å². The zero-order valence-electron chi connectivity index (χ0n) is 13.5. The van der Waals surface area contributed by atoms with E-state index < -0.39 is 0 Å². The van der Waals surface area contributed by atoms with Gasteiger partial charge in [0, 0.05) is 31.0 Å². The zero-order chi connectivity index (χ0) is 15.7. The number of nitrogens with zero attached hydrogens (tertiary/aromatic N) is 1. The van der Waals surface area contributed by atoms with Crippen LogP contribution in [0.2, 0.25) is 0 Å². The number of nitrogens with one attached hydrogen (secondary N) is 2. The molecule has 21 heavy (non-hydrogen) atoms. The Morgan fingerprint density at radius 1 is 1.33 bits per heavy atom. The Labute approximate surface area is 127 Å². The maximum atomic E-state index is 12.1. The quantitative estimate of drug-likeness (QED) is 0.687. The molecule has 2 N–H and O–H groups in total. The van der Waals surface area contributed by atoms with E-state index in [-0.39, 0.29) is 5.91 Å². The summed E-state index contributed by atoms with van der Waals surface area (Å²) in [6.45, 7) is 10.8. The van der Waals surface area contributed by atoms with Crippen LogP contribution in [-0.4, -0.2) is 37.2 Å². The molecule has 118 valence electrons. The lowest BCUT2D eigenvalue weighted by Gasteiger charge is -2.10. The van der Waals surface area contributed by atoms with Crippen LogP contribution in [0.5, 0.6) is 0 Å². The standard InChI is InChI=1S/C16H27N3O2/c1-5-14-9-13(10-15(19-14)17-6-2)16(20)18-7-8-21-11-12(3)4/h9-10,12H,5-8,11H2,1-4H3,(H,17,19)(H,18,20). The summed E-state index contributed by atoms with van der Waals surface area (Å²) in [6, 6.07) is 3.62. The summed E-state index contributed by atoms with van der Waals surface area (Å²) in [5.41, 5.74) is 1.55. The Balaban J connectivity index is 2.54. The molecule has 0 saturated heterocycles. The fourth-order valence-corrected chi connectivity index (χ4v) is 1.83. The van der Waals surface area contributed by atoms with Crippen LogP contribution >= 0.6 is 0 Å². The minimum absolute atomic E-state index is 0.0839. The molecule has 0 spiro atoms. The van der Waals surface area contributed by atoms with Gasteiger partial charge < -0.3 is 15.4 Å². The lowest BCUT2D eigenvalue weighted by Crippen LogP contribution is -2.28. The van der Waals surface area contributed by atoms with Gasteiger partial charge in [0.15, 0.2) is 0 Å². The number of hydrogen-bond acceptors (Lipinski definition) is 4. The Kier molecular flexibility index (Phi) is 7.75. The van der Waals surface area contributed by atoms with Crippen molar-refractivity contribution in [3.63, 3.8) is 0 Å². The van der Waals surface area contributed by atoms with E-state index in [1.165, 1.54) is 0 Å². The second-order valence-corrected chi connectivity index (χ2v) is 5.34. The summed E-state index contributed by atoms with van der Waals surface area (Å²) < 4.78 is 5.45. The number of aromatic nitrogens is 1. The maximum Gasteiger partial charge on any atom is 0.251 e. The van der Waals surface area contributed by atoms with Crippen molar-refractivity contribution in [1.82, 2.24) is 10.3 Å². The third-order valence-electron chi connectivity index (χ3n) is 2.84. The highest BCUT2D eigenvalue weighted by Gasteiger charge is 2.09. The van der Waals surface area contributed by atoms with Gasteiger partial charge >= 0.3 is 0 Å². The van der Waals surface area contributed by atoms with Crippen molar-refractivity contribution in [2.45, 2.75) is 34.1 Å². The number of carbonyl (C=O) groups is 1. The van der Waals surface area contributed by atoms with Gasteiger partial charge in [-0.05, 0) is 31.4 Å². The van der Waals surface area contributed by atoms with Crippen molar-refractivity contribution in [3.8, 4) is 0 Å². The van der Waals surface area contributed by atoms with Gasteiger partial charge in [-0.2, -0.15) is 0 Å². The highest BCUT2D eigenvalue weighted by molar-refractivity contribution is 5.95. The Morgan fingerprint density at radius 2 is 2.10 bits per heavy atom. The van der Waals surface area contributed by atoms with Gasteiger partial charge in [0.1, 0.15) is 5.82 Å². The largest absolute Gasteiger partial charge is 0.379 e. The molecule has 0 aliphatic rings. The number of carbonyl (C=O) groups excluding carboxylic acids is 1. The highest BCUT2D eigenvalue weighted by Crippen LogP contribution is 2.11. The number of aryl methyl sites for hydroxylation is 1. The monoisotopic (exact) mass is 293 g/mol. The SMILES string of the molecule is CCNc1cc(C(=O)NCCOCC(C)C)cc(CC)n1. The van der Waals surface area contributed by atoms with Crippen LogP contribution in [0, 0.1) is 5.92 Å².